The van der Waals surface area contributed by atoms with Crippen molar-refractivity contribution in [3.05, 3.63) is 30.0 Å². The van der Waals surface area contributed by atoms with Crippen molar-refractivity contribution >= 4 is 28.7 Å². The van der Waals surface area contributed by atoms with E-state index in [1.165, 1.54) is 4.68 Å². The van der Waals surface area contributed by atoms with Crippen LogP contribution in [0.4, 0.5) is 13.2 Å². The molecule has 2 rings (SSSR count). The predicted molar refractivity (Wildman–Crippen MR) is 118 cm³/mol. The molecule has 2 atom stereocenters. The monoisotopic (exact) mass is 502 g/mol. The molecule has 1 aromatic carbocycles. The summed E-state index contributed by atoms with van der Waals surface area (Å²) in [5.74, 6) is -2.24. The number of aliphatic hydroxyl groups excluding tert-OH is 1. The van der Waals surface area contributed by atoms with Gasteiger partial charge >= 0.3 is 12.1 Å². The van der Waals surface area contributed by atoms with Crippen LogP contribution in [0.5, 0.6) is 0 Å². The molecule has 194 valence electrons. The van der Waals surface area contributed by atoms with Gasteiger partial charge in [0.15, 0.2) is 11.8 Å². The number of rotatable bonds is 10. The fourth-order valence-electron chi connectivity index (χ4n) is 3.20. The second-order valence-electron chi connectivity index (χ2n) is 8.81. The Bertz CT molecular complexity index is 1050. The molecule has 13 heteroatoms. The molecule has 0 bridgehead atoms. The first kappa shape index (κ1) is 28.1. The number of esters is 1. The van der Waals surface area contributed by atoms with Gasteiger partial charge in [0, 0.05) is 5.39 Å². The molecule has 0 aliphatic heterocycles. The third-order valence-electron chi connectivity index (χ3n) is 4.93. The van der Waals surface area contributed by atoms with E-state index in [1.54, 1.807) is 45.0 Å². The van der Waals surface area contributed by atoms with E-state index in [-0.39, 0.29) is 18.8 Å². The number of carbonyl (C=O) groups is 3. The normalized spacial score (nSPS) is 13.8. The van der Waals surface area contributed by atoms with Crippen molar-refractivity contribution in [2.75, 3.05) is 26.9 Å². The number of aliphatic hydroxyl groups is 1. The van der Waals surface area contributed by atoms with E-state index in [0.29, 0.717) is 10.9 Å². The summed E-state index contributed by atoms with van der Waals surface area (Å²) in [4.78, 5) is 37.2. The topological polar surface area (TPSA) is 132 Å². The van der Waals surface area contributed by atoms with Crippen LogP contribution in [0, 0.1) is 5.41 Å². The van der Waals surface area contributed by atoms with Crippen molar-refractivity contribution in [2.45, 2.75) is 45.6 Å². The molecule has 0 radical (unpaired) electrons. The van der Waals surface area contributed by atoms with Crippen LogP contribution in [-0.2, 0) is 25.6 Å². The smallest absolute Gasteiger partial charge is 0.411 e. The van der Waals surface area contributed by atoms with Crippen molar-refractivity contribution in [1.29, 1.82) is 0 Å². The highest BCUT2D eigenvalue weighted by Gasteiger charge is 2.34. The first-order valence-corrected chi connectivity index (χ1v) is 10.7. The number of nitrogens with zero attached hydrogens (tertiary/aromatic N) is 2. The highest BCUT2D eigenvalue weighted by atomic mass is 19.4. The molecule has 2 unspecified atom stereocenters. The van der Waals surface area contributed by atoms with E-state index in [0.717, 1.165) is 7.11 Å². The first-order valence-electron chi connectivity index (χ1n) is 10.7. The van der Waals surface area contributed by atoms with Crippen molar-refractivity contribution in [3.63, 3.8) is 0 Å². The average Bonchev–Trinajstić information content (AvgIpc) is 3.15. The first-order chi connectivity index (χ1) is 16.2. The Balaban J connectivity index is 2.19. The molecule has 0 fully saturated rings. The lowest BCUT2D eigenvalue weighted by molar-refractivity contribution is -0.174. The number of ether oxygens (including phenoxy) is 2. The summed E-state index contributed by atoms with van der Waals surface area (Å²) in [5, 5.41) is 19.4. The van der Waals surface area contributed by atoms with Gasteiger partial charge in [-0.1, -0.05) is 39.0 Å². The summed E-state index contributed by atoms with van der Waals surface area (Å²) >= 11 is 0. The summed E-state index contributed by atoms with van der Waals surface area (Å²) in [5.41, 5.74) is -0.279. The van der Waals surface area contributed by atoms with Gasteiger partial charge in [-0.25, -0.2) is 4.79 Å². The number of halogens is 3. The third kappa shape index (κ3) is 7.92. The number of carbonyl (C=O) groups excluding carboxylic acids is 3. The second-order valence-corrected chi connectivity index (χ2v) is 8.81. The number of alkyl halides is 3. The lowest BCUT2D eigenvalue weighted by atomic mass is 9.86. The maximum atomic E-state index is 13.1. The molecule has 35 heavy (non-hydrogen) atoms. The van der Waals surface area contributed by atoms with Crippen LogP contribution in [0.1, 0.15) is 31.3 Å². The van der Waals surface area contributed by atoms with Gasteiger partial charge in [-0.15, -0.1) is 0 Å². The fraction of sp³-hybridized carbons (Fsp3) is 0.545. The van der Waals surface area contributed by atoms with Crippen LogP contribution in [0.25, 0.3) is 10.9 Å². The van der Waals surface area contributed by atoms with Gasteiger partial charge in [0.05, 0.1) is 32.3 Å². The standard InChI is InChI=1S/C22H29F3N4O6/c1-21(2,3)17(19(32)26-11-15(30)20(33)34-4)27-18(31)16-13-7-5-6-8-14(13)29(28-16)9-10-35-12-22(23,24)25/h5-8,15,17,30H,9-12H2,1-4H3,(H,26,32)(H,27,31). The van der Waals surface area contributed by atoms with Crippen molar-refractivity contribution in [3.8, 4) is 0 Å². The fourth-order valence-corrected chi connectivity index (χ4v) is 3.20. The number of aromatic nitrogens is 2. The molecule has 2 amide bonds. The van der Waals surface area contributed by atoms with E-state index in [2.05, 4.69) is 25.2 Å². The molecule has 2 aromatic rings. The molecule has 1 aromatic heterocycles. The third-order valence-corrected chi connectivity index (χ3v) is 4.93. The van der Waals surface area contributed by atoms with E-state index in [4.69, 9.17) is 0 Å². The van der Waals surface area contributed by atoms with Gasteiger partial charge in [0.2, 0.25) is 5.91 Å². The zero-order chi connectivity index (χ0) is 26.4. The molecule has 10 nitrogen and oxygen atoms in total. The number of nitrogens with one attached hydrogen (secondary N) is 2. The highest BCUT2D eigenvalue weighted by molar-refractivity contribution is 6.06. The summed E-state index contributed by atoms with van der Waals surface area (Å²) in [6.07, 6.45) is -6.02. The van der Waals surface area contributed by atoms with Gasteiger partial charge < -0.3 is 25.2 Å². The van der Waals surface area contributed by atoms with Gasteiger partial charge in [-0.05, 0) is 11.5 Å². The summed E-state index contributed by atoms with van der Waals surface area (Å²) in [6.45, 7) is 3.02. The van der Waals surface area contributed by atoms with E-state index < -0.39 is 54.7 Å². The highest BCUT2D eigenvalue weighted by Crippen LogP contribution is 2.23. The number of para-hydroxylation sites is 1. The SMILES string of the molecule is COC(=O)C(O)CNC(=O)C(NC(=O)c1nn(CCOCC(F)(F)F)c2ccccc12)C(C)(C)C. The number of hydrogen-bond donors (Lipinski definition) is 3. The summed E-state index contributed by atoms with van der Waals surface area (Å²) in [6, 6.07) is 5.58. The number of benzene rings is 1. The quantitative estimate of drug-likeness (QED) is 0.331. The van der Waals surface area contributed by atoms with Crippen molar-refractivity contribution in [1.82, 2.24) is 20.4 Å². The number of hydrogen-bond acceptors (Lipinski definition) is 7. The Kier molecular flexibility index (Phi) is 9.21. The zero-order valence-electron chi connectivity index (χ0n) is 19.8. The van der Waals surface area contributed by atoms with Crippen molar-refractivity contribution < 1.29 is 42.1 Å². The van der Waals surface area contributed by atoms with Gasteiger partial charge in [0.1, 0.15) is 12.6 Å². The van der Waals surface area contributed by atoms with Crippen LogP contribution >= 0.6 is 0 Å². The molecule has 1 heterocycles. The molecule has 0 aliphatic carbocycles. The van der Waals surface area contributed by atoms with Gasteiger partial charge in [-0.2, -0.15) is 18.3 Å². The zero-order valence-corrected chi connectivity index (χ0v) is 19.8. The second kappa shape index (κ2) is 11.5. The Morgan fingerprint density at radius 2 is 1.83 bits per heavy atom. The molecule has 0 aliphatic rings. The lowest BCUT2D eigenvalue weighted by Gasteiger charge is -2.30. The Hall–Kier alpha value is -3.19. The van der Waals surface area contributed by atoms with Crippen LogP contribution in [-0.4, -0.2) is 77.9 Å². The van der Waals surface area contributed by atoms with Crippen LogP contribution in [0.15, 0.2) is 24.3 Å². The Morgan fingerprint density at radius 3 is 2.43 bits per heavy atom. The minimum Gasteiger partial charge on any atom is -0.467 e. The Labute approximate surface area is 199 Å². The predicted octanol–water partition coefficient (Wildman–Crippen LogP) is 1.41. The molecule has 0 saturated carbocycles. The van der Waals surface area contributed by atoms with Gasteiger partial charge in [0.25, 0.3) is 5.91 Å². The summed E-state index contributed by atoms with van der Waals surface area (Å²) < 4.78 is 47.3. The molecule has 0 saturated heterocycles. The minimum atomic E-state index is -4.45. The molecule has 3 N–H and O–H groups in total. The Morgan fingerprint density at radius 1 is 1.17 bits per heavy atom. The average molecular weight is 502 g/mol. The molecule has 0 spiro atoms. The van der Waals surface area contributed by atoms with Crippen molar-refractivity contribution in [2.24, 2.45) is 5.41 Å². The van der Waals surface area contributed by atoms with Crippen LogP contribution in [0.3, 0.4) is 0 Å². The number of amides is 2. The number of methoxy groups -OCH3 is 1. The maximum absolute atomic E-state index is 13.1. The van der Waals surface area contributed by atoms with Crippen LogP contribution in [0.2, 0.25) is 0 Å². The summed E-state index contributed by atoms with van der Waals surface area (Å²) in [7, 11) is 1.09. The molecular weight excluding hydrogens is 473 g/mol. The maximum Gasteiger partial charge on any atom is 0.411 e. The van der Waals surface area contributed by atoms with Gasteiger partial charge in [-0.3, -0.25) is 14.3 Å². The largest absolute Gasteiger partial charge is 0.467 e. The van der Waals surface area contributed by atoms with E-state index >= 15 is 0 Å². The van der Waals surface area contributed by atoms with Crippen LogP contribution < -0.4 is 10.6 Å². The van der Waals surface area contributed by atoms with E-state index in [9.17, 15) is 32.7 Å². The number of fused-ring (bicyclic) bond motifs is 1. The molecular formula is C22H29F3N4O6. The minimum absolute atomic E-state index is 0.0203. The lowest BCUT2D eigenvalue weighted by Crippen LogP contribution is -2.55. The van der Waals surface area contributed by atoms with E-state index in [1.807, 2.05) is 0 Å².